The van der Waals surface area contributed by atoms with E-state index < -0.39 is 6.09 Å². The van der Waals surface area contributed by atoms with Crippen molar-refractivity contribution in [1.29, 1.82) is 0 Å². The zero-order valence-electron chi connectivity index (χ0n) is 8.97. The average molecular weight is 225 g/mol. The molecule has 0 spiro atoms. The van der Waals surface area contributed by atoms with Crippen LogP contribution in [0.4, 0.5) is 4.79 Å². The molecule has 1 aromatic rings. The molecule has 0 radical (unpaired) electrons. The third-order valence-corrected chi connectivity index (χ3v) is 1.83. The summed E-state index contributed by atoms with van der Waals surface area (Å²) in [6, 6.07) is 7.13. The fraction of sp³-hybridized carbons (Fsp3) is 0.300. The van der Waals surface area contributed by atoms with Gasteiger partial charge in [-0.3, -0.25) is 0 Å². The number of amides is 1. The number of hydrogen-bond acceptors (Lipinski definition) is 5. The van der Waals surface area contributed by atoms with Crippen molar-refractivity contribution in [3.8, 4) is 5.75 Å². The Balaban J connectivity index is 2.54. The van der Waals surface area contributed by atoms with Gasteiger partial charge in [0, 0.05) is 6.04 Å². The van der Waals surface area contributed by atoms with Gasteiger partial charge in [-0.25, -0.2) is 4.79 Å². The number of carbonyl (C=O) groups is 1. The van der Waals surface area contributed by atoms with E-state index in [-0.39, 0.29) is 6.04 Å². The lowest BCUT2D eigenvalue weighted by Gasteiger charge is -2.07. The van der Waals surface area contributed by atoms with E-state index in [2.05, 4.69) is 10.8 Å². The molecule has 6 nitrogen and oxygen atoms in total. The molecule has 16 heavy (non-hydrogen) atoms. The van der Waals surface area contributed by atoms with Crippen LogP contribution in [-0.2, 0) is 11.4 Å². The van der Waals surface area contributed by atoms with Crippen LogP contribution in [0, 0.1) is 0 Å². The van der Waals surface area contributed by atoms with Crippen molar-refractivity contribution in [2.45, 2.75) is 19.4 Å². The van der Waals surface area contributed by atoms with Crippen molar-refractivity contribution in [2.24, 2.45) is 11.6 Å². The first-order valence-corrected chi connectivity index (χ1v) is 4.80. The molecule has 0 saturated heterocycles. The predicted octanol–water partition coefficient (Wildman–Crippen LogP) is 0.470. The normalized spacial score (nSPS) is 11.9. The second-order valence-corrected chi connectivity index (χ2v) is 3.43. The Kier molecular flexibility index (Phi) is 4.71. The van der Waals surface area contributed by atoms with E-state index in [1.54, 1.807) is 12.1 Å². The topological polar surface area (TPSA) is 99.6 Å². The standard InChI is InChI=1S/C10H15N3O3/c1-7(11)6-8-2-4-9(5-3-8)15-10(14)13-16-12/h2-5,7H,6,11-12H2,1H3,(H,13,14). The molecule has 0 aliphatic carbocycles. The monoisotopic (exact) mass is 225 g/mol. The highest BCUT2D eigenvalue weighted by atomic mass is 16.8. The maximum Gasteiger partial charge on any atom is 0.438 e. The van der Waals surface area contributed by atoms with Crippen LogP contribution in [0.5, 0.6) is 5.75 Å². The smallest absolute Gasteiger partial charge is 0.409 e. The first-order valence-electron chi connectivity index (χ1n) is 4.80. The van der Waals surface area contributed by atoms with Crippen LogP contribution < -0.4 is 21.8 Å². The van der Waals surface area contributed by atoms with E-state index >= 15 is 0 Å². The first-order chi connectivity index (χ1) is 7.61. The van der Waals surface area contributed by atoms with Crippen molar-refractivity contribution in [2.75, 3.05) is 0 Å². The zero-order chi connectivity index (χ0) is 12.0. The minimum Gasteiger partial charge on any atom is -0.409 e. The summed E-state index contributed by atoms with van der Waals surface area (Å²) in [4.78, 5) is 14.8. The molecule has 0 aromatic heterocycles. The van der Waals surface area contributed by atoms with Crippen LogP contribution in [0.15, 0.2) is 24.3 Å². The molecule has 0 heterocycles. The summed E-state index contributed by atoms with van der Waals surface area (Å²) in [5, 5.41) is 0. The van der Waals surface area contributed by atoms with Gasteiger partial charge in [0.15, 0.2) is 0 Å². The van der Waals surface area contributed by atoms with Gasteiger partial charge in [-0.15, -0.1) is 0 Å². The molecular formula is C10H15N3O3. The lowest BCUT2D eigenvalue weighted by atomic mass is 10.1. The number of ether oxygens (including phenoxy) is 1. The maximum atomic E-state index is 10.9. The molecule has 1 rings (SSSR count). The second-order valence-electron chi connectivity index (χ2n) is 3.43. The molecular weight excluding hydrogens is 210 g/mol. The molecule has 1 atom stereocenters. The third kappa shape index (κ3) is 4.26. The van der Waals surface area contributed by atoms with Gasteiger partial charge in [0.05, 0.1) is 0 Å². The van der Waals surface area contributed by atoms with Crippen molar-refractivity contribution in [3.05, 3.63) is 29.8 Å². The fourth-order valence-corrected chi connectivity index (χ4v) is 1.24. The third-order valence-electron chi connectivity index (χ3n) is 1.83. The maximum absolute atomic E-state index is 10.9. The van der Waals surface area contributed by atoms with Crippen molar-refractivity contribution >= 4 is 6.09 Å². The molecule has 0 saturated carbocycles. The molecule has 0 bridgehead atoms. The molecule has 0 aliphatic rings. The molecule has 1 unspecified atom stereocenters. The summed E-state index contributed by atoms with van der Waals surface area (Å²) < 4.78 is 4.83. The van der Waals surface area contributed by atoms with Crippen LogP contribution in [0.1, 0.15) is 12.5 Å². The minimum absolute atomic E-state index is 0.0979. The van der Waals surface area contributed by atoms with Gasteiger partial charge < -0.3 is 10.5 Å². The number of nitrogens with two attached hydrogens (primary N) is 2. The highest BCUT2D eigenvalue weighted by Crippen LogP contribution is 2.13. The summed E-state index contributed by atoms with van der Waals surface area (Å²) in [5.41, 5.74) is 8.58. The van der Waals surface area contributed by atoms with Gasteiger partial charge in [0.2, 0.25) is 0 Å². The zero-order valence-corrected chi connectivity index (χ0v) is 8.97. The largest absolute Gasteiger partial charge is 0.438 e. The number of nitrogens with one attached hydrogen (secondary N) is 1. The molecule has 1 amide bonds. The predicted molar refractivity (Wildman–Crippen MR) is 58.2 cm³/mol. The Bertz CT molecular complexity index is 338. The Hall–Kier alpha value is -1.63. The van der Waals surface area contributed by atoms with E-state index in [1.165, 1.54) is 0 Å². The van der Waals surface area contributed by atoms with E-state index in [0.29, 0.717) is 5.75 Å². The van der Waals surface area contributed by atoms with E-state index in [9.17, 15) is 4.79 Å². The molecule has 0 aliphatic heterocycles. The van der Waals surface area contributed by atoms with E-state index in [1.807, 2.05) is 24.5 Å². The molecule has 0 fully saturated rings. The minimum atomic E-state index is -0.776. The van der Waals surface area contributed by atoms with Crippen LogP contribution in [0.2, 0.25) is 0 Å². The van der Waals surface area contributed by atoms with Crippen LogP contribution >= 0.6 is 0 Å². The number of rotatable bonds is 4. The SMILES string of the molecule is CC(N)Cc1ccc(OC(=O)NON)cc1. The van der Waals surface area contributed by atoms with Gasteiger partial charge in [0.1, 0.15) is 5.75 Å². The summed E-state index contributed by atoms with van der Waals surface area (Å²) in [6.07, 6.45) is 0.000662. The molecule has 5 N–H and O–H groups in total. The molecule has 1 aromatic carbocycles. The summed E-state index contributed by atoms with van der Waals surface area (Å²) in [6.45, 7) is 1.93. The lowest BCUT2D eigenvalue weighted by molar-refractivity contribution is 0.0454. The fourth-order valence-electron chi connectivity index (χ4n) is 1.24. The van der Waals surface area contributed by atoms with Crippen LogP contribution in [-0.4, -0.2) is 12.1 Å². The average Bonchev–Trinajstić information content (AvgIpc) is 2.20. The number of hydroxylamine groups is 1. The first kappa shape index (κ1) is 12.4. The van der Waals surface area contributed by atoms with Gasteiger partial charge in [-0.2, -0.15) is 16.3 Å². The summed E-state index contributed by atoms with van der Waals surface area (Å²) >= 11 is 0. The van der Waals surface area contributed by atoms with Gasteiger partial charge in [-0.1, -0.05) is 12.1 Å². The number of hydrogen-bond donors (Lipinski definition) is 3. The van der Waals surface area contributed by atoms with Gasteiger partial charge in [-0.05, 0) is 31.0 Å². The lowest BCUT2D eigenvalue weighted by Crippen LogP contribution is -2.29. The van der Waals surface area contributed by atoms with Gasteiger partial charge in [0.25, 0.3) is 0 Å². The van der Waals surface area contributed by atoms with Crippen molar-refractivity contribution < 1.29 is 14.5 Å². The molecule has 6 heteroatoms. The quantitative estimate of drug-likeness (QED) is 0.647. The van der Waals surface area contributed by atoms with Crippen LogP contribution in [0.3, 0.4) is 0 Å². The Morgan fingerprint density at radius 1 is 1.44 bits per heavy atom. The summed E-state index contributed by atoms with van der Waals surface area (Å²) in [7, 11) is 0. The highest BCUT2D eigenvalue weighted by Gasteiger charge is 2.03. The Morgan fingerprint density at radius 3 is 2.56 bits per heavy atom. The number of carbonyl (C=O) groups excluding carboxylic acids is 1. The van der Waals surface area contributed by atoms with Crippen molar-refractivity contribution in [1.82, 2.24) is 5.48 Å². The highest BCUT2D eigenvalue weighted by molar-refractivity contribution is 5.69. The van der Waals surface area contributed by atoms with Crippen molar-refractivity contribution in [3.63, 3.8) is 0 Å². The number of benzene rings is 1. The van der Waals surface area contributed by atoms with Gasteiger partial charge >= 0.3 is 6.09 Å². The Morgan fingerprint density at radius 2 is 2.06 bits per heavy atom. The van der Waals surface area contributed by atoms with Crippen LogP contribution in [0.25, 0.3) is 0 Å². The molecule has 88 valence electrons. The Labute approximate surface area is 93.4 Å². The van der Waals surface area contributed by atoms with E-state index in [0.717, 1.165) is 12.0 Å². The summed E-state index contributed by atoms with van der Waals surface area (Å²) in [5.74, 6) is 5.04. The second kappa shape index (κ2) is 6.06. The van der Waals surface area contributed by atoms with E-state index in [4.69, 9.17) is 10.5 Å².